The average molecular weight is 300 g/mol. The lowest BCUT2D eigenvalue weighted by molar-refractivity contribution is 0.305. The molecule has 23 heavy (non-hydrogen) atoms. The van der Waals surface area contributed by atoms with Crippen LogP contribution in [0, 0.1) is 0 Å². The maximum absolute atomic E-state index is 5.78. The van der Waals surface area contributed by atoms with Gasteiger partial charge in [-0.2, -0.15) is 0 Å². The number of para-hydroxylation sites is 1. The average Bonchev–Trinajstić information content (AvgIpc) is 3.05. The standard InChI is InChI=1S/C20H16N2O/c1-2-6-16(7-3-1)15-23-18-10-11-20(21-14-18)22-13-12-17-8-4-5-9-19(17)22/h1-14H,15H2. The molecule has 4 rings (SSSR count). The molecule has 0 aliphatic rings. The highest BCUT2D eigenvalue weighted by Gasteiger charge is 2.04. The van der Waals surface area contributed by atoms with E-state index in [1.54, 1.807) is 6.20 Å². The fraction of sp³-hybridized carbons (Fsp3) is 0.0500. The highest BCUT2D eigenvalue weighted by molar-refractivity contribution is 5.81. The SMILES string of the molecule is c1ccc(COc2ccc(-n3ccc4ccccc43)nc2)cc1. The number of aromatic nitrogens is 2. The Morgan fingerprint density at radius 3 is 2.48 bits per heavy atom. The van der Waals surface area contributed by atoms with Gasteiger partial charge in [0, 0.05) is 6.20 Å². The van der Waals surface area contributed by atoms with E-state index in [0.717, 1.165) is 22.6 Å². The van der Waals surface area contributed by atoms with Crippen molar-refractivity contribution in [1.82, 2.24) is 9.55 Å². The summed E-state index contributed by atoms with van der Waals surface area (Å²) in [5, 5.41) is 1.21. The molecule has 2 aromatic carbocycles. The van der Waals surface area contributed by atoms with Crippen LogP contribution in [0.3, 0.4) is 0 Å². The molecule has 112 valence electrons. The summed E-state index contributed by atoms with van der Waals surface area (Å²) in [6.45, 7) is 0.550. The van der Waals surface area contributed by atoms with Crippen molar-refractivity contribution in [2.45, 2.75) is 6.61 Å². The summed E-state index contributed by atoms with van der Waals surface area (Å²) in [7, 11) is 0. The van der Waals surface area contributed by atoms with E-state index < -0.39 is 0 Å². The van der Waals surface area contributed by atoms with Crippen LogP contribution in [0.4, 0.5) is 0 Å². The van der Waals surface area contributed by atoms with Crippen molar-refractivity contribution in [2.24, 2.45) is 0 Å². The van der Waals surface area contributed by atoms with Gasteiger partial charge in [0.05, 0.1) is 11.7 Å². The van der Waals surface area contributed by atoms with Gasteiger partial charge in [-0.25, -0.2) is 4.98 Å². The van der Waals surface area contributed by atoms with Crippen LogP contribution >= 0.6 is 0 Å². The Hall–Kier alpha value is -3.07. The van der Waals surface area contributed by atoms with E-state index in [2.05, 4.69) is 27.8 Å². The van der Waals surface area contributed by atoms with Crippen molar-refractivity contribution in [3.05, 3.63) is 90.8 Å². The smallest absolute Gasteiger partial charge is 0.138 e. The zero-order valence-electron chi connectivity index (χ0n) is 12.6. The molecule has 2 aromatic heterocycles. The number of rotatable bonds is 4. The first-order valence-electron chi connectivity index (χ1n) is 7.59. The van der Waals surface area contributed by atoms with Crippen molar-refractivity contribution in [2.75, 3.05) is 0 Å². The Labute approximate surface area is 134 Å². The molecular weight excluding hydrogens is 284 g/mol. The Kier molecular flexibility index (Phi) is 3.53. The second-order valence-electron chi connectivity index (χ2n) is 5.37. The predicted octanol–water partition coefficient (Wildman–Crippen LogP) is 4.60. The van der Waals surface area contributed by atoms with Crippen molar-refractivity contribution in [1.29, 1.82) is 0 Å². The van der Waals surface area contributed by atoms with Crippen LogP contribution in [0.1, 0.15) is 5.56 Å². The van der Waals surface area contributed by atoms with E-state index in [1.807, 2.05) is 60.8 Å². The van der Waals surface area contributed by atoms with Gasteiger partial charge in [-0.1, -0.05) is 48.5 Å². The minimum absolute atomic E-state index is 0.550. The fourth-order valence-corrected chi connectivity index (χ4v) is 2.62. The molecule has 0 spiro atoms. The van der Waals surface area contributed by atoms with Crippen LogP contribution in [0.5, 0.6) is 5.75 Å². The van der Waals surface area contributed by atoms with Crippen LogP contribution < -0.4 is 4.74 Å². The van der Waals surface area contributed by atoms with Crippen LogP contribution in [0.2, 0.25) is 0 Å². The molecule has 0 unspecified atom stereocenters. The number of ether oxygens (including phenoxy) is 1. The van der Waals surface area contributed by atoms with Crippen molar-refractivity contribution in [3.63, 3.8) is 0 Å². The van der Waals surface area contributed by atoms with Gasteiger partial charge in [0.25, 0.3) is 0 Å². The van der Waals surface area contributed by atoms with Gasteiger partial charge in [-0.15, -0.1) is 0 Å². The fourth-order valence-electron chi connectivity index (χ4n) is 2.62. The molecule has 0 N–H and O–H groups in total. The summed E-state index contributed by atoms with van der Waals surface area (Å²) in [5.74, 6) is 1.66. The van der Waals surface area contributed by atoms with Gasteiger partial charge in [0.2, 0.25) is 0 Å². The minimum atomic E-state index is 0.550. The minimum Gasteiger partial charge on any atom is -0.487 e. The summed E-state index contributed by atoms with van der Waals surface area (Å²) in [4.78, 5) is 4.52. The van der Waals surface area contributed by atoms with Crippen molar-refractivity contribution in [3.8, 4) is 11.6 Å². The molecule has 0 radical (unpaired) electrons. The maximum Gasteiger partial charge on any atom is 0.138 e. The Bertz CT molecular complexity index is 911. The zero-order valence-corrected chi connectivity index (χ0v) is 12.6. The summed E-state index contributed by atoms with van der Waals surface area (Å²) >= 11 is 0. The lowest BCUT2D eigenvalue weighted by atomic mass is 10.2. The third-order valence-electron chi connectivity index (χ3n) is 3.82. The molecule has 4 aromatic rings. The van der Waals surface area contributed by atoms with Crippen LogP contribution in [-0.4, -0.2) is 9.55 Å². The Morgan fingerprint density at radius 1 is 0.826 bits per heavy atom. The first kappa shape index (κ1) is 13.6. The molecule has 0 amide bonds. The lowest BCUT2D eigenvalue weighted by Crippen LogP contribution is -1.98. The molecular formula is C20H16N2O. The largest absolute Gasteiger partial charge is 0.487 e. The van der Waals surface area contributed by atoms with Gasteiger partial charge < -0.3 is 9.30 Å². The van der Waals surface area contributed by atoms with Crippen LogP contribution in [0.15, 0.2) is 85.2 Å². The second-order valence-corrected chi connectivity index (χ2v) is 5.37. The number of fused-ring (bicyclic) bond motifs is 1. The molecule has 0 saturated carbocycles. The molecule has 3 heteroatoms. The van der Waals surface area contributed by atoms with Gasteiger partial charge >= 0.3 is 0 Å². The first-order valence-corrected chi connectivity index (χ1v) is 7.59. The number of hydrogen-bond donors (Lipinski definition) is 0. The summed E-state index contributed by atoms with van der Waals surface area (Å²) in [5.41, 5.74) is 2.30. The van der Waals surface area contributed by atoms with Crippen molar-refractivity contribution >= 4 is 10.9 Å². The molecule has 0 bridgehead atoms. The molecule has 0 aliphatic heterocycles. The van der Waals surface area contributed by atoms with E-state index >= 15 is 0 Å². The third-order valence-corrected chi connectivity index (χ3v) is 3.82. The molecule has 2 heterocycles. The topological polar surface area (TPSA) is 27.1 Å². The second kappa shape index (κ2) is 5.97. The summed E-state index contributed by atoms with van der Waals surface area (Å²) < 4.78 is 7.86. The van der Waals surface area contributed by atoms with Gasteiger partial charge in [-0.3, -0.25) is 0 Å². The zero-order chi connectivity index (χ0) is 15.5. The van der Waals surface area contributed by atoms with E-state index in [-0.39, 0.29) is 0 Å². The quantitative estimate of drug-likeness (QED) is 0.550. The lowest BCUT2D eigenvalue weighted by Gasteiger charge is -2.08. The Balaban J connectivity index is 1.54. The maximum atomic E-state index is 5.78. The van der Waals surface area contributed by atoms with Gasteiger partial charge in [0.1, 0.15) is 18.2 Å². The van der Waals surface area contributed by atoms with Crippen molar-refractivity contribution < 1.29 is 4.74 Å². The Morgan fingerprint density at radius 2 is 1.65 bits per heavy atom. The van der Waals surface area contributed by atoms with E-state index in [9.17, 15) is 0 Å². The number of hydrogen-bond acceptors (Lipinski definition) is 2. The van der Waals surface area contributed by atoms with Gasteiger partial charge in [-0.05, 0) is 35.2 Å². The number of nitrogens with zero attached hydrogens (tertiary/aromatic N) is 2. The molecule has 0 saturated heterocycles. The third kappa shape index (κ3) is 2.81. The molecule has 0 atom stereocenters. The van der Waals surface area contributed by atoms with Crippen LogP contribution in [0.25, 0.3) is 16.7 Å². The van der Waals surface area contributed by atoms with E-state index in [0.29, 0.717) is 6.61 Å². The number of benzene rings is 2. The highest BCUT2D eigenvalue weighted by atomic mass is 16.5. The summed E-state index contributed by atoms with van der Waals surface area (Å²) in [6, 6.07) is 24.4. The number of pyridine rings is 1. The predicted molar refractivity (Wildman–Crippen MR) is 91.8 cm³/mol. The van der Waals surface area contributed by atoms with Crippen LogP contribution in [-0.2, 0) is 6.61 Å². The highest BCUT2D eigenvalue weighted by Crippen LogP contribution is 2.20. The normalized spacial score (nSPS) is 10.8. The molecule has 3 nitrogen and oxygen atoms in total. The van der Waals surface area contributed by atoms with Gasteiger partial charge in [0.15, 0.2) is 0 Å². The molecule has 0 aliphatic carbocycles. The van der Waals surface area contributed by atoms with E-state index in [1.165, 1.54) is 5.39 Å². The monoisotopic (exact) mass is 300 g/mol. The van der Waals surface area contributed by atoms with E-state index in [4.69, 9.17) is 4.74 Å². The summed E-state index contributed by atoms with van der Waals surface area (Å²) in [6.07, 6.45) is 3.81. The molecule has 0 fully saturated rings. The first-order chi connectivity index (χ1) is 11.4.